The van der Waals surface area contributed by atoms with Crippen molar-refractivity contribution in [3.8, 4) is 0 Å². The van der Waals surface area contributed by atoms with Crippen molar-refractivity contribution in [2.75, 3.05) is 11.9 Å². The van der Waals surface area contributed by atoms with Crippen LogP contribution < -0.4 is 10.6 Å². The Morgan fingerprint density at radius 1 is 1.35 bits per heavy atom. The molecule has 0 aromatic heterocycles. The summed E-state index contributed by atoms with van der Waals surface area (Å²) in [5, 5.41) is 7.04. The molecule has 0 radical (unpaired) electrons. The van der Waals surface area contributed by atoms with Gasteiger partial charge in [-0.15, -0.1) is 6.58 Å². The molecule has 1 aliphatic carbocycles. The van der Waals surface area contributed by atoms with E-state index < -0.39 is 0 Å². The van der Waals surface area contributed by atoms with Crippen molar-refractivity contribution in [1.29, 1.82) is 0 Å². The van der Waals surface area contributed by atoms with E-state index in [0.29, 0.717) is 11.7 Å². The maximum Gasteiger partial charge on any atom is 0.171 e. The van der Waals surface area contributed by atoms with E-state index in [1.807, 2.05) is 0 Å². The minimum atomic E-state index is 0.670. The average Bonchev–Trinajstić information content (AvgIpc) is 2.37. The quantitative estimate of drug-likeness (QED) is 0.633. The third-order valence-corrected chi connectivity index (χ3v) is 3.30. The van der Waals surface area contributed by atoms with Gasteiger partial charge in [0, 0.05) is 12.2 Å². The monoisotopic (exact) mass is 246 g/mol. The molecule has 0 spiro atoms. The largest absolute Gasteiger partial charge is 0.359 e. The van der Waals surface area contributed by atoms with Gasteiger partial charge in [0.2, 0.25) is 0 Å². The highest BCUT2D eigenvalue weighted by molar-refractivity contribution is 7.80. The van der Waals surface area contributed by atoms with Crippen LogP contribution in [0.25, 0.3) is 0 Å². The number of aryl methyl sites for hydroxylation is 1. The third kappa shape index (κ3) is 3.07. The van der Waals surface area contributed by atoms with Gasteiger partial charge < -0.3 is 10.6 Å². The summed E-state index contributed by atoms with van der Waals surface area (Å²) in [6, 6.07) is 6.43. The number of benzene rings is 1. The second-order valence-corrected chi connectivity index (χ2v) is 4.68. The summed E-state index contributed by atoms with van der Waals surface area (Å²) in [6.45, 7) is 4.36. The minimum Gasteiger partial charge on any atom is -0.359 e. The van der Waals surface area contributed by atoms with Crippen LogP contribution in [-0.2, 0) is 12.8 Å². The SMILES string of the molecule is C=CCNC(=S)Nc1cccc2c1CCCC2. The lowest BCUT2D eigenvalue weighted by Crippen LogP contribution is -2.29. The normalized spacial score (nSPS) is 13.6. The van der Waals surface area contributed by atoms with E-state index in [4.69, 9.17) is 12.2 Å². The van der Waals surface area contributed by atoms with Crippen molar-refractivity contribution >= 4 is 23.0 Å². The van der Waals surface area contributed by atoms with E-state index in [9.17, 15) is 0 Å². The molecule has 0 atom stereocenters. The molecular formula is C14H18N2S. The van der Waals surface area contributed by atoms with Gasteiger partial charge in [-0.3, -0.25) is 0 Å². The molecule has 17 heavy (non-hydrogen) atoms. The lowest BCUT2D eigenvalue weighted by atomic mass is 9.90. The molecule has 2 N–H and O–H groups in total. The Kier molecular flexibility index (Phi) is 4.15. The molecule has 1 aromatic carbocycles. The molecule has 0 fully saturated rings. The molecule has 2 rings (SSSR count). The van der Waals surface area contributed by atoms with Crippen LogP contribution in [0.5, 0.6) is 0 Å². The number of fused-ring (bicyclic) bond motifs is 1. The van der Waals surface area contributed by atoms with Gasteiger partial charge in [0.15, 0.2) is 5.11 Å². The molecule has 2 nitrogen and oxygen atoms in total. The van der Waals surface area contributed by atoms with Gasteiger partial charge in [-0.25, -0.2) is 0 Å². The Morgan fingerprint density at radius 2 is 2.18 bits per heavy atom. The predicted molar refractivity (Wildman–Crippen MR) is 77.5 cm³/mol. The molecule has 1 aromatic rings. The van der Waals surface area contributed by atoms with Crippen LogP contribution in [0.15, 0.2) is 30.9 Å². The molecule has 0 saturated carbocycles. The van der Waals surface area contributed by atoms with Crippen molar-refractivity contribution in [2.45, 2.75) is 25.7 Å². The Bertz CT molecular complexity index is 426. The maximum atomic E-state index is 5.24. The summed E-state index contributed by atoms with van der Waals surface area (Å²) in [6.07, 6.45) is 6.73. The number of hydrogen-bond acceptors (Lipinski definition) is 1. The molecule has 0 unspecified atom stereocenters. The molecule has 0 amide bonds. The number of thiocarbonyl (C=S) groups is 1. The minimum absolute atomic E-state index is 0.670. The Labute approximate surface area is 108 Å². The number of hydrogen-bond donors (Lipinski definition) is 2. The van der Waals surface area contributed by atoms with E-state index in [0.717, 1.165) is 12.1 Å². The van der Waals surface area contributed by atoms with Gasteiger partial charge in [0.1, 0.15) is 0 Å². The molecule has 3 heteroatoms. The molecular weight excluding hydrogens is 228 g/mol. The highest BCUT2D eigenvalue weighted by atomic mass is 32.1. The van der Waals surface area contributed by atoms with Crippen LogP contribution in [0.2, 0.25) is 0 Å². The first kappa shape index (κ1) is 12.1. The van der Waals surface area contributed by atoms with Gasteiger partial charge in [-0.2, -0.15) is 0 Å². The summed E-state index contributed by atoms with van der Waals surface area (Å²) in [4.78, 5) is 0. The first-order valence-corrected chi connectivity index (χ1v) is 6.48. The fourth-order valence-corrected chi connectivity index (χ4v) is 2.42. The summed E-state index contributed by atoms with van der Waals surface area (Å²) < 4.78 is 0. The van der Waals surface area contributed by atoms with Gasteiger partial charge in [-0.05, 0) is 55.1 Å². The number of rotatable bonds is 3. The first-order valence-electron chi connectivity index (χ1n) is 6.08. The van der Waals surface area contributed by atoms with Gasteiger partial charge in [0.25, 0.3) is 0 Å². The molecule has 1 aliphatic rings. The van der Waals surface area contributed by atoms with Crippen molar-refractivity contribution in [3.63, 3.8) is 0 Å². The lowest BCUT2D eigenvalue weighted by Gasteiger charge is -2.20. The van der Waals surface area contributed by atoms with E-state index in [1.54, 1.807) is 6.08 Å². The van der Waals surface area contributed by atoms with Crippen LogP contribution in [0.3, 0.4) is 0 Å². The van der Waals surface area contributed by atoms with Gasteiger partial charge in [-0.1, -0.05) is 18.2 Å². The fraction of sp³-hybridized carbons (Fsp3) is 0.357. The van der Waals surface area contributed by atoms with E-state index >= 15 is 0 Å². The summed E-state index contributed by atoms with van der Waals surface area (Å²) in [5.74, 6) is 0. The van der Waals surface area contributed by atoms with Crippen LogP contribution in [0.1, 0.15) is 24.0 Å². The van der Waals surface area contributed by atoms with Crippen molar-refractivity contribution in [3.05, 3.63) is 42.0 Å². The molecule has 90 valence electrons. The smallest absolute Gasteiger partial charge is 0.171 e. The zero-order valence-corrected chi connectivity index (χ0v) is 10.8. The molecule has 0 bridgehead atoms. The van der Waals surface area contributed by atoms with E-state index in [-0.39, 0.29) is 0 Å². The molecule has 0 aliphatic heterocycles. The fourth-order valence-electron chi connectivity index (χ4n) is 2.23. The van der Waals surface area contributed by atoms with Crippen LogP contribution in [-0.4, -0.2) is 11.7 Å². The van der Waals surface area contributed by atoms with Crippen LogP contribution in [0.4, 0.5) is 5.69 Å². The van der Waals surface area contributed by atoms with Gasteiger partial charge >= 0.3 is 0 Å². The first-order chi connectivity index (χ1) is 8.31. The zero-order chi connectivity index (χ0) is 12.1. The Hall–Kier alpha value is -1.35. The summed E-state index contributed by atoms with van der Waals surface area (Å²) in [7, 11) is 0. The van der Waals surface area contributed by atoms with Crippen LogP contribution in [0, 0.1) is 0 Å². The number of anilines is 1. The summed E-state index contributed by atoms with van der Waals surface area (Å²) in [5.41, 5.74) is 4.05. The Balaban J connectivity index is 2.10. The van der Waals surface area contributed by atoms with E-state index in [1.165, 1.54) is 30.4 Å². The molecule has 0 heterocycles. The number of nitrogens with one attached hydrogen (secondary N) is 2. The van der Waals surface area contributed by atoms with E-state index in [2.05, 4.69) is 35.4 Å². The van der Waals surface area contributed by atoms with Crippen LogP contribution >= 0.6 is 12.2 Å². The predicted octanol–water partition coefficient (Wildman–Crippen LogP) is 3.04. The average molecular weight is 246 g/mol. The maximum absolute atomic E-state index is 5.24. The molecule has 0 saturated heterocycles. The van der Waals surface area contributed by atoms with Crippen molar-refractivity contribution < 1.29 is 0 Å². The zero-order valence-electron chi connectivity index (χ0n) is 9.96. The lowest BCUT2D eigenvalue weighted by molar-refractivity contribution is 0.687. The standard InChI is InChI=1S/C14H18N2S/c1-2-10-15-14(17)16-13-9-5-7-11-6-3-4-8-12(11)13/h2,5,7,9H,1,3-4,6,8,10H2,(H2,15,16,17). The second kappa shape index (κ2) is 5.82. The van der Waals surface area contributed by atoms with Gasteiger partial charge in [0.05, 0.1) is 0 Å². The van der Waals surface area contributed by atoms with Crippen molar-refractivity contribution in [2.24, 2.45) is 0 Å². The highest BCUT2D eigenvalue weighted by Gasteiger charge is 2.12. The van der Waals surface area contributed by atoms with Crippen molar-refractivity contribution in [1.82, 2.24) is 5.32 Å². The summed E-state index contributed by atoms with van der Waals surface area (Å²) >= 11 is 5.24. The highest BCUT2D eigenvalue weighted by Crippen LogP contribution is 2.27. The second-order valence-electron chi connectivity index (χ2n) is 4.27. The topological polar surface area (TPSA) is 24.1 Å². The Morgan fingerprint density at radius 3 is 3.00 bits per heavy atom. The third-order valence-electron chi connectivity index (χ3n) is 3.05.